The standard InChI is InChI=1S/C31H31FN6O3/c1-17-9-21(22-14-33-19(3)34-15-22)10-23-28(18(2)39)36-37(29(17)23)16-27(40)38-25(11-31(4)12-26(31)38)30(41)35-13-20-7-5-6-8-24(20)32/h5-10,14-15,25-26H,11-13,16H2,1-4H3,(H,35,41)/t25-,26?,31-/m0/s1. The van der Waals surface area contributed by atoms with E-state index in [1.165, 1.54) is 13.0 Å². The predicted molar refractivity (Wildman–Crippen MR) is 150 cm³/mol. The van der Waals surface area contributed by atoms with E-state index in [4.69, 9.17) is 0 Å². The SMILES string of the molecule is CC(=O)c1nn(CC(=O)N2C3C[C@]3(C)C[C@H]2C(=O)NCc2ccccc2F)c2c(C)cc(-c3cnc(C)nc3)cc12. The van der Waals surface area contributed by atoms with Crippen molar-refractivity contribution in [2.75, 3.05) is 0 Å². The maximum absolute atomic E-state index is 14.1. The lowest BCUT2D eigenvalue weighted by Crippen LogP contribution is -2.48. The highest BCUT2D eigenvalue weighted by molar-refractivity contribution is 6.07. The molecule has 6 rings (SSSR count). The van der Waals surface area contributed by atoms with Crippen molar-refractivity contribution in [1.29, 1.82) is 0 Å². The molecule has 210 valence electrons. The monoisotopic (exact) mass is 554 g/mol. The van der Waals surface area contributed by atoms with Gasteiger partial charge in [-0.25, -0.2) is 14.4 Å². The molecule has 2 amide bonds. The topological polar surface area (TPSA) is 110 Å². The Morgan fingerprint density at radius 2 is 1.80 bits per heavy atom. The first-order valence-electron chi connectivity index (χ1n) is 13.7. The average molecular weight is 555 g/mol. The molecule has 3 atom stereocenters. The fraction of sp³-hybridized carbons (Fsp3) is 0.355. The molecule has 1 saturated heterocycles. The minimum absolute atomic E-state index is 0.0393. The summed E-state index contributed by atoms with van der Waals surface area (Å²) in [5.74, 6) is -0.472. The highest BCUT2D eigenvalue weighted by atomic mass is 19.1. The Hall–Kier alpha value is -4.47. The minimum atomic E-state index is -0.652. The molecule has 10 heteroatoms. The quantitative estimate of drug-likeness (QED) is 0.344. The van der Waals surface area contributed by atoms with Crippen molar-refractivity contribution in [1.82, 2.24) is 30.0 Å². The van der Waals surface area contributed by atoms with E-state index in [9.17, 15) is 18.8 Å². The Morgan fingerprint density at radius 1 is 1.07 bits per heavy atom. The van der Waals surface area contributed by atoms with Gasteiger partial charge in [0.25, 0.3) is 0 Å². The molecule has 4 aromatic rings. The van der Waals surface area contributed by atoms with Gasteiger partial charge in [0, 0.05) is 48.4 Å². The second-order valence-electron chi connectivity index (χ2n) is 11.5. The summed E-state index contributed by atoms with van der Waals surface area (Å²) in [6, 6.07) is 9.46. The zero-order valence-corrected chi connectivity index (χ0v) is 23.4. The van der Waals surface area contributed by atoms with Crippen LogP contribution < -0.4 is 5.32 Å². The number of nitrogens with zero attached hydrogens (tertiary/aromatic N) is 5. The van der Waals surface area contributed by atoms with Crippen LogP contribution in [0.4, 0.5) is 4.39 Å². The first-order chi connectivity index (χ1) is 19.6. The number of amides is 2. The molecule has 0 spiro atoms. The number of fused-ring (bicyclic) bond motifs is 2. The van der Waals surface area contributed by atoms with Crippen LogP contribution in [0.3, 0.4) is 0 Å². The number of likely N-dealkylation sites (tertiary alicyclic amines) is 1. The molecule has 9 nitrogen and oxygen atoms in total. The van der Waals surface area contributed by atoms with E-state index in [2.05, 4.69) is 27.3 Å². The summed E-state index contributed by atoms with van der Waals surface area (Å²) in [5.41, 5.74) is 3.76. The zero-order valence-electron chi connectivity index (χ0n) is 23.4. The number of carbonyl (C=O) groups excluding carboxylic acids is 3. The zero-order chi connectivity index (χ0) is 29.1. The van der Waals surface area contributed by atoms with E-state index >= 15 is 0 Å². The number of nitrogens with one attached hydrogen (secondary N) is 1. The van der Waals surface area contributed by atoms with Crippen LogP contribution in [-0.2, 0) is 22.7 Å². The summed E-state index contributed by atoms with van der Waals surface area (Å²) in [4.78, 5) is 49.9. The molecule has 1 saturated carbocycles. The lowest BCUT2D eigenvalue weighted by atomic mass is 10.0. The van der Waals surface area contributed by atoms with Gasteiger partial charge >= 0.3 is 0 Å². The highest BCUT2D eigenvalue weighted by Gasteiger charge is 2.64. The molecular formula is C31H31FN6O3. The van der Waals surface area contributed by atoms with Crippen molar-refractivity contribution in [2.45, 2.75) is 65.7 Å². The Balaban J connectivity index is 1.28. The van der Waals surface area contributed by atoms with Crippen molar-refractivity contribution < 1.29 is 18.8 Å². The first-order valence-corrected chi connectivity index (χ1v) is 13.7. The number of aromatic nitrogens is 4. The van der Waals surface area contributed by atoms with Crippen LogP contribution in [0, 0.1) is 25.1 Å². The number of piperidine rings is 1. The normalized spacial score (nSPS) is 21.1. The summed E-state index contributed by atoms with van der Waals surface area (Å²) < 4.78 is 15.7. The second kappa shape index (κ2) is 9.87. The third kappa shape index (κ3) is 4.77. The average Bonchev–Trinajstić information content (AvgIpc) is 3.29. The van der Waals surface area contributed by atoms with Crippen LogP contribution in [-0.4, -0.2) is 54.3 Å². The number of halogens is 1. The fourth-order valence-electron chi connectivity index (χ4n) is 6.12. The van der Waals surface area contributed by atoms with Gasteiger partial charge < -0.3 is 10.2 Å². The summed E-state index contributed by atoms with van der Waals surface area (Å²) in [6.45, 7) is 7.21. The van der Waals surface area contributed by atoms with E-state index in [0.29, 0.717) is 28.7 Å². The number of ketones is 1. The van der Waals surface area contributed by atoms with Crippen LogP contribution in [0.25, 0.3) is 22.0 Å². The summed E-state index contributed by atoms with van der Waals surface area (Å²) in [6.07, 6.45) is 4.85. The van der Waals surface area contributed by atoms with Gasteiger partial charge in [-0.1, -0.05) is 25.1 Å². The number of rotatable bonds is 7. The van der Waals surface area contributed by atoms with Gasteiger partial charge in [0.2, 0.25) is 11.8 Å². The second-order valence-corrected chi connectivity index (χ2v) is 11.5. The summed E-state index contributed by atoms with van der Waals surface area (Å²) >= 11 is 0. The van der Waals surface area contributed by atoms with Crippen LogP contribution in [0.2, 0.25) is 0 Å². The number of Topliss-reactive ketones (excluding diaryl/α,β-unsaturated/α-hetero) is 1. The van der Waals surface area contributed by atoms with Crippen LogP contribution >= 0.6 is 0 Å². The van der Waals surface area contributed by atoms with E-state index in [-0.39, 0.29) is 53.7 Å². The molecule has 2 aliphatic rings. The molecule has 1 unspecified atom stereocenters. The number of hydrogen-bond donors (Lipinski definition) is 1. The van der Waals surface area contributed by atoms with Crippen LogP contribution in [0.1, 0.15) is 54.1 Å². The van der Waals surface area contributed by atoms with Gasteiger partial charge in [0.05, 0.1) is 5.52 Å². The number of benzene rings is 2. The van der Waals surface area contributed by atoms with E-state index in [1.54, 1.807) is 40.2 Å². The van der Waals surface area contributed by atoms with Gasteiger partial charge in [-0.2, -0.15) is 5.10 Å². The van der Waals surface area contributed by atoms with Crippen molar-refractivity contribution in [3.63, 3.8) is 0 Å². The highest BCUT2D eigenvalue weighted by Crippen LogP contribution is 2.59. The van der Waals surface area contributed by atoms with E-state index in [0.717, 1.165) is 23.1 Å². The predicted octanol–water partition coefficient (Wildman–Crippen LogP) is 4.15. The number of aryl methyl sites for hydroxylation is 2. The van der Waals surface area contributed by atoms with Crippen molar-refractivity contribution in [2.24, 2.45) is 5.41 Å². The van der Waals surface area contributed by atoms with Crippen molar-refractivity contribution in [3.8, 4) is 11.1 Å². The Labute approximate surface area is 236 Å². The summed E-state index contributed by atoms with van der Waals surface area (Å²) in [7, 11) is 0. The Morgan fingerprint density at radius 3 is 2.51 bits per heavy atom. The molecule has 0 radical (unpaired) electrons. The van der Waals surface area contributed by atoms with Gasteiger partial charge in [-0.3, -0.25) is 19.1 Å². The summed E-state index contributed by atoms with van der Waals surface area (Å²) in [5, 5.41) is 8.04. The van der Waals surface area contributed by atoms with E-state index in [1.807, 2.05) is 26.0 Å². The number of hydrogen-bond acceptors (Lipinski definition) is 6. The molecule has 1 N–H and O–H groups in total. The van der Waals surface area contributed by atoms with E-state index < -0.39 is 6.04 Å². The molecule has 3 heterocycles. The number of carbonyl (C=O) groups is 3. The Kier molecular flexibility index (Phi) is 6.43. The van der Waals surface area contributed by atoms with Gasteiger partial charge in [0.1, 0.15) is 29.9 Å². The van der Waals surface area contributed by atoms with Crippen molar-refractivity contribution >= 4 is 28.5 Å². The molecule has 41 heavy (non-hydrogen) atoms. The van der Waals surface area contributed by atoms with Crippen LogP contribution in [0.15, 0.2) is 48.8 Å². The molecule has 0 bridgehead atoms. The molecule has 1 aliphatic carbocycles. The van der Waals surface area contributed by atoms with Gasteiger partial charge in [-0.05, 0) is 61.4 Å². The van der Waals surface area contributed by atoms with Gasteiger partial charge in [0.15, 0.2) is 5.78 Å². The minimum Gasteiger partial charge on any atom is -0.350 e. The molecular weight excluding hydrogens is 523 g/mol. The van der Waals surface area contributed by atoms with Crippen molar-refractivity contribution in [3.05, 3.63) is 77.3 Å². The molecule has 2 fully saturated rings. The smallest absolute Gasteiger partial charge is 0.245 e. The van der Waals surface area contributed by atoms with Gasteiger partial charge in [-0.15, -0.1) is 0 Å². The fourth-order valence-corrected chi connectivity index (χ4v) is 6.12. The lowest BCUT2D eigenvalue weighted by Gasteiger charge is -2.27. The third-order valence-corrected chi connectivity index (χ3v) is 8.40. The first kappa shape index (κ1) is 26.7. The molecule has 2 aromatic carbocycles. The maximum Gasteiger partial charge on any atom is 0.245 e. The lowest BCUT2D eigenvalue weighted by molar-refractivity contribution is -0.140. The maximum atomic E-state index is 14.1. The molecule has 1 aliphatic heterocycles. The Bertz CT molecular complexity index is 1720. The largest absolute Gasteiger partial charge is 0.350 e. The third-order valence-electron chi connectivity index (χ3n) is 8.40. The van der Waals surface area contributed by atoms with Crippen LogP contribution in [0.5, 0.6) is 0 Å². The molecule has 2 aromatic heterocycles.